The van der Waals surface area contributed by atoms with Crippen LogP contribution >= 0.6 is 0 Å². The van der Waals surface area contributed by atoms with Crippen molar-refractivity contribution in [1.29, 1.82) is 0 Å². The average molecular weight is 242 g/mol. The molecule has 0 radical (unpaired) electrons. The van der Waals surface area contributed by atoms with Crippen molar-refractivity contribution in [3.05, 3.63) is 29.3 Å². The fourth-order valence-corrected chi connectivity index (χ4v) is 2.43. The first-order valence-corrected chi connectivity index (χ1v) is 6.89. The molecule has 3 N–H and O–H groups in total. The highest BCUT2D eigenvalue weighted by molar-refractivity contribution is 7.89. The number of hydrogen-bond acceptors (Lipinski definition) is 3. The Morgan fingerprint density at radius 2 is 2.00 bits per heavy atom. The maximum Gasteiger partial charge on any atom is 0.238 e. The molecule has 0 unspecified atom stereocenters. The van der Waals surface area contributed by atoms with E-state index in [9.17, 15) is 8.42 Å². The predicted molar refractivity (Wildman–Crippen MR) is 64.6 cm³/mol. The van der Waals surface area contributed by atoms with Crippen LogP contribution in [-0.4, -0.2) is 15.0 Å². The van der Waals surface area contributed by atoms with Gasteiger partial charge in [-0.1, -0.05) is 26.0 Å². The molecule has 4 nitrogen and oxygen atoms in total. The van der Waals surface area contributed by atoms with Crippen molar-refractivity contribution in [2.24, 2.45) is 5.14 Å². The highest BCUT2D eigenvalue weighted by Crippen LogP contribution is 2.17. The van der Waals surface area contributed by atoms with Gasteiger partial charge in [0.15, 0.2) is 0 Å². The van der Waals surface area contributed by atoms with Gasteiger partial charge >= 0.3 is 0 Å². The minimum absolute atomic E-state index is 0.241. The van der Waals surface area contributed by atoms with Crippen molar-refractivity contribution in [1.82, 2.24) is 5.32 Å². The van der Waals surface area contributed by atoms with E-state index >= 15 is 0 Å². The number of hydrogen-bond donors (Lipinski definition) is 2. The summed E-state index contributed by atoms with van der Waals surface area (Å²) < 4.78 is 22.8. The summed E-state index contributed by atoms with van der Waals surface area (Å²) in [4.78, 5) is 0.241. The van der Waals surface area contributed by atoms with Crippen molar-refractivity contribution in [3.8, 4) is 0 Å². The summed E-state index contributed by atoms with van der Waals surface area (Å²) in [5, 5.41) is 8.33. The smallest absolute Gasteiger partial charge is 0.238 e. The topological polar surface area (TPSA) is 72.2 Å². The van der Waals surface area contributed by atoms with Gasteiger partial charge in [-0.3, -0.25) is 0 Å². The summed E-state index contributed by atoms with van der Waals surface area (Å²) in [7, 11) is -3.62. The van der Waals surface area contributed by atoms with Gasteiger partial charge in [-0.15, -0.1) is 0 Å². The third-order valence-electron chi connectivity index (χ3n) is 2.40. The molecule has 0 aromatic heterocycles. The third-order valence-corrected chi connectivity index (χ3v) is 3.39. The maximum absolute atomic E-state index is 11.4. The van der Waals surface area contributed by atoms with Crippen LogP contribution in [0.15, 0.2) is 23.1 Å². The molecule has 0 saturated carbocycles. The van der Waals surface area contributed by atoms with Gasteiger partial charge in [0.05, 0.1) is 4.90 Å². The lowest BCUT2D eigenvalue weighted by atomic mass is 10.1. The first kappa shape index (κ1) is 13.2. The molecule has 0 bridgehead atoms. The number of benzene rings is 1. The van der Waals surface area contributed by atoms with Gasteiger partial charge in [0.1, 0.15) is 0 Å². The Kier molecular flexibility index (Phi) is 4.46. The molecule has 1 aromatic rings. The fourth-order valence-electron chi connectivity index (χ4n) is 1.54. The summed E-state index contributed by atoms with van der Waals surface area (Å²) in [5.41, 5.74) is 1.70. The first-order valence-electron chi connectivity index (χ1n) is 5.34. The van der Waals surface area contributed by atoms with Gasteiger partial charge < -0.3 is 5.32 Å². The molecule has 0 fully saturated rings. The van der Waals surface area contributed by atoms with E-state index in [0.29, 0.717) is 13.0 Å². The zero-order valence-corrected chi connectivity index (χ0v) is 10.5. The second kappa shape index (κ2) is 5.43. The molecule has 1 rings (SSSR count). The minimum Gasteiger partial charge on any atom is -0.313 e. The van der Waals surface area contributed by atoms with Gasteiger partial charge in [0.25, 0.3) is 0 Å². The van der Waals surface area contributed by atoms with E-state index in [1.54, 1.807) is 6.07 Å². The van der Waals surface area contributed by atoms with E-state index in [4.69, 9.17) is 5.14 Å². The van der Waals surface area contributed by atoms with Crippen LogP contribution in [0.1, 0.15) is 25.0 Å². The normalized spacial score (nSPS) is 11.7. The minimum atomic E-state index is -3.62. The molecular weight excluding hydrogens is 224 g/mol. The monoisotopic (exact) mass is 242 g/mol. The Hall–Kier alpha value is -0.910. The van der Waals surface area contributed by atoms with Gasteiger partial charge in [0, 0.05) is 6.54 Å². The number of aryl methyl sites for hydroxylation is 1. The van der Waals surface area contributed by atoms with Crippen molar-refractivity contribution in [2.45, 2.75) is 31.7 Å². The van der Waals surface area contributed by atoms with Crippen LogP contribution in [0, 0.1) is 0 Å². The van der Waals surface area contributed by atoms with E-state index in [0.717, 1.165) is 17.7 Å². The predicted octanol–water partition coefficient (Wildman–Crippen LogP) is 1.01. The summed E-state index contributed by atoms with van der Waals surface area (Å²) in [5.74, 6) is 0. The van der Waals surface area contributed by atoms with E-state index < -0.39 is 10.0 Å². The Morgan fingerprint density at radius 3 is 2.50 bits per heavy atom. The van der Waals surface area contributed by atoms with E-state index in [-0.39, 0.29) is 4.90 Å². The lowest BCUT2D eigenvalue weighted by Crippen LogP contribution is -2.16. The van der Waals surface area contributed by atoms with Crippen LogP contribution < -0.4 is 10.5 Å². The molecule has 0 amide bonds. The fraction of sp³-hybridized carbons (Fsp3) is 0.455. The number of sulfonamides is 1. The molecule has 0 aliphatic heterocycles. The second-order valence-corrected chi connectivity index (χ2v) is 5.15. The number of nitrogens with one attached hydrogen (secondary N) is 1. The van der Waals surface area contributed by atoms with E-state index in [1.165, 1.54) is 0 Å². The molecule has 0 aliphatic rings. The summed E-state index contributed by atoms with van der Waals surface area (Å²) >= 11 is 0. The SMILES string of the molecule is CCNCc1ccc(CC)c(S(N)(=O)=O)c1. The van der Waals surface area contributed by atoms with Crippen LogP contribution in [-0.2, 0) is 23.0 Å². The van der Waals surface area contributed by atoms with Crippen molar-refractivity contribution >= 4 is 10.0 Å². The highest BCUT2D eigenvalue weighted by atomic mass is 32.2. The largest absolute Gasteiger partial charge is 0.313 e. The van der Waals surface area contributed by atoms with Crippen molar-refractivity contribution < 1.29 is 8.42 Å². The average Bonchev–Trinajstić information content (AvgIpc) is 2.24. The van der Waals surface area contributed by atoms with E-state index in [1.807, 2.05) is 26.0 Å². The van der Waals surface area contributed by atoms with Crippen molar-refractivity contribution in [2.75, 3.05) is 6.54 Å². The molecule has 0 heterocycles. The lowest BCUT2D eigenvalue weighted by Gasteiger charge is -2.09. The van der Waals surface area contributed by atoms with Gasteiger partial charge in [-0.25, -0.2) is 13.6 Å². The molecule has 1 aromatic carbocycles. The third kappa shape index (κ3) is 3.30. The summed E-state index contributed by atoms with van der Waals surface area (Å²) in [6.07, 6.45) is 0.660. The van der Waals surface area contributed by atoms with Crippen LogP contribution in [0.3, 0.4) is 0 Å². The van der Waals surface area contributed by atoms with Crippen LogP contribution in [0.25, 0.3) is 0 Å². The lowest BCUT2D eigenvalue weighted by molar-refractivity contribution is 0.596. The van der Waals surface area contributed by atoms with Crippen molar-refractivity contribution in [3.63, 3.8) is 0 Å². The molecule has 0 atom stereocenters. The first-order chi connectivity index (χ1) is 7.49. The van der Waals surface area contributed by atoms with Gasteiger partial charge in [-0.2, -0.15) is 0 Å². The standard InChI is InChI=1S/C11H18N2O2S/c1-3-10-6-5-9(8-13-4-2)7-11(10)16(12,14)15/h5-7,13H,3-4,8H2,1-2H3,(H2,12,14,15). The molecular formula is C11H18N2O2S. The van der Waals surface area contributed by atoms with E-state index in [2.05, 4.69) is 5.32 Å². The number of primary sulfonamides is 1. The highest BCUT2D eigenvalue weighted by Gasteiger charge is 2.13. The van der Waals surface area contributed by atoms with Gasteiger partial charge in [0.2, 0.25) is 10.0 Å². The van der Waals surface area contributed by atoms with Gasteiger partial charge in [-0.05, 0) is 30.2 Å². The molecule has 0 spiro atoms. The van der Waals surface area contributed by atoms with Crippen LogP contribution in [0.2, 0.25) is 0 Å². The maximum atomic E-state index is 11.4. The molecule has 5 heteroatoms. The zero-order valence-electron chi connectivity index (χ0n) is 9.66. The Morgan fingerprint density at radius 1 is 1.31 bits per heavy atom. The van der Waals surface area contributed by atoms with Crippen LogP contribution in [0.5, 0.6) is 0 Å². The zero-order chi connectivity index (χ0) is 12.2. The molecule has 90 valence electrons. The molecule has 16 heavy (non-hydrogen) atoms. The summed E-state index contributed by atoms with van der Waals surface area (Å²) in [6.45, 7) is 5.41. The Balaban J connectivity index is 3.12. The number of rotatable bonds is 5. The number of nitrogens with two attached hydrogens (primary N) is 1. The molecule has 0 aliphatic carbocycles. The molecule has 0 saturated heterocycles. The van der Waals surface area contributed by atoms with Crippen LogP contribution in [0.4, 0.5) is 0 Å². The quantitative estimate of drug-likeness (QED) is 0.809. The Labute approximate surface area is 96.9 Å². The summed E-state index contributed by atoms with van der Waals surface area (Å²) in [6, 6.07) is 5.40. The second-order valence-electron chi connectivity index (χ2n) is 3.62. The Bertz CT molecular complexity index is 455.